The van der Waals surface area contributed by atoms with Gasteiger partial charge in [0.25, 0.3) is 0 Å². The van der Waals surface area contributed by atoms with Gasteiger partial charge in [0, 0.05) is 0 Å². The van der Waals surface area contributed by atoms with E-state index in [-0.39, 0.29) is 13.1 Å². The molecule has 0 radical (unpaired) electrons. The molecule has 0 N–H and O–H groups in total. The molecule has 1 heterocycles. The van der Waals surface area contributed by atoms with Crippen molar-refractivity contribution in [3.63, 3.8) is 0 Å². The number of nitrogens with zero attached hydrogens (tertiary/aromatic N) is 3. The van der Waals surface area contributed by atoms with Gasteiger partial charge in [0.15, 0.2) is 0 Å². The van der Waals surface area contributed by atoms with Crippen molar-refractivity contribution in [1.82, 2.24) is 4.98 Å². The fourth-order valence-electron chi connectivity index (χ4n) is 3.65. The van der Waals surface area contributed by atoms with Crippen molar-refractivity contribution in [3.8, 4) is 0 Å². The molecule has 0 aliphatic heterocycles. The third-order valence-electron chi connectivity index (χ3n) is 6.10. The van der Waals surface area contributed by atoms with Crippen LogP contribution in [0.3, 0.4) is 0 Å². The number of rotatable bonds is 4. The Morgan fingerprint density at radius 1 is 0.636 bits per heavy atom. The number of aliphatic imine (C=N–C) groups is 2. The van der Waals surface area contributed by atoms with Gasteiger partial charge in [0.05, 0.1) is 35.2 Å². The molecule has 2 aromatic carbocycles. The Balaban J connectivity index is 0.00000122. The number of hydrogen-bond acceptors (Lipinski definition) is 3. The second-order valence-electron chi connectivity index (χ2n) is 8.27. The van der Waals surface area contributed by atoms with Gasteiger partial charge in [0.1, 0.15) is 0 Å². The van der Waals surface area contributed by atoms with Crippen LogP contribution in [0.15, 0.2) is 40.3 Å². The van der Waals surface area contributed by atoms with Gasteiger partial charge in [-0.05, 0) is 112 Å². The number of aromatic nitrogens is 1. The Labute approximate surface area is 213 Å². The summed E-state index contributed by atoms with van der Waals surface area (Å²) < 4.78 is 0. The normalized spacial score (nSPS) is 11.3. The van der Waals surface area contributed by atoms with Crippen LogP contribution in [0.4, 0.5) is 11.4 Å². The van der Waals surface area contributed by atoms with Gasteiger partial charge in [0.2, 0.25) is 0 Å². The molecule has 0 unspecified atom stereocenters. The zero-order valence-corrected chi connectivity index (χ0v) is 23.1. The van der Waals surface area contributed by atoms with Crippen LogP contribution in [0.25, 0.3) is 0 Å². The molecule has 6 heteroatoms. The molecule has 0 spiro atoms. The molecule has 0 bridgehead atoms. The molecule has 0 fully saturated rings. The van der Waals surface area contributed by atoms with Crippen LogP contribution in [0, 0.1) is 55.4 Å². The van der Waals surface area contributed by atoms with E-state index in [9.17, 15) is 0 Å². The van der Waals surface area contributed by atoms with Crippen molar-refractivity contribution in [3.05, 3.63) is 86.2 Å². The van der Waals surface area contributed by atoms with Crippen LogP contribution in [0.5, 0.6) is 0 Å². The topological polar surface area (TPSA) is 37.6 Å². The first-order valence-electron chi connectivity index (χ1n) is 10.7. The first-order valence-corrected chi connectivity index (χ1v) is 13.7. The Morgan fingerprint density at radius 3 is 1.24 bits per heavy atom. The minimum absolute atomic E-state index is 0.194. The number of pyridine rings is 1. The summed E-state index contributed by atoms with van der Waals surface area (Å²) in [4.78, 5) is 14.3. The molecule has 176 valence electrons. The Hall–Kier alpha value is -1.97. The van der Waals surface area contributed by atoms with Crippen molar-refractivity contribution in [2.75, 3.05) is 0 Å². The van der Waals surface area contributed by atoms with Crippen LogP contribution in [-0.2, 0) is 13.1 Å². The van der Waals surface area contributed by atoms with Crippen LogP contribution in [0.2, 0.25) is 0 Å². The van der Waals surface area contributed by atoms with E-state index in [0.717, 1.165) is 22.8 Å². The van der Waals surface area contributed by atoms with Gasteiger partial charge in [-0.3, -0.25) is 9.98 Å². The van der Waals surface area contributed by atoms with Crippen molar-refractivity contribution < 1.29 is 13.1 Å². The summed E-state index contributed by atoms with van der Waals surface area (Å²) >= 11 is 0.194. The molecule has 0 atom stereocenters. The summed E-state index contributed by atoms with van der Waals surface area (Å²) in [7, 11) is 9.53. The number of aryl methyl sites for hydroxylation is 4. The second-order valence-corrected chi connectivity index (χ2v) is 10.1. The SMILES string of the molecule is Cc1cc(C)c(C)c(N=Cc2cccc(C=Nc3c(C)c(C)cc(C)c3C)n2)c1C.[Cl][Fe][Cl]. The molecule has 0 aliphatic rings. The van der Waals surface area contributed by atoms with E-state index in [2.05, 4.69) is 67.5 Å². The van der Waals surface area contributed by atoms with Crippen LogP contribution >= 0.6 is 20.2 Å². The predicted octanol–water partition coefficient (Wildman–Crippen LogP) is 8.43. The van der Waals surface area contributed by atoms with Gasteiger partial charge < -0.3 is 0 Å². The van der Waals surface area contributed by atoms with Crippen molar-refractivity contribution in [2.45, 2.75) is 55.4 Å². The summed E-state index contributed by atoms with van der Waals surface area (Å²) in [5.74, 6) is 0. The molecule has 3 nitrogen and oxygen atoms in total. The van der Waals surface area contributed by atoms with E-state index in [1.54, 1.807) is 0 Å². The van der Waals surface area contributed by atoms with Crippen molar-refractivity contribution >= 4 is 44.0 Å². The monoisotopic (exact) mass is 523 g/mol. The average Bonchev–Trinajstić information content (AvgIpc) is 2.77. The van der Waals surface area contributed by atoms with E-state index in [1.165, 1.54) is 44.5 Å². The van der Waals surface area contributed by atoms with E-state index in [0.29, 0.717) is 0 Å². The summed E-state index contributed by atoms with van der Waals surface area (Å²) in [5, 5.41) is 0. The molecular formula is C27H31Cl2FeN3. The van der Waals surface area contributed by atoms with E-state index in [1.807, 2.05) is 30.6 Å². The molecule has 3 rings (SSSR count). The third-order valence-corrected chi connectivity index (χ3v) is 6.10. The molecule has 3 aromatic rings. The standard InChI is InChI=1S/C27H31N3.2ClH.Fe/c1-16-12-17(2)21(6)26(20(16)5)28-14-24-10-9-11-25(30-24)15-29-27-22(7)18(3)13-19(4)23(27)8;;;/h9-15H,1-8H3;2*1H;/q;;;+2/p-2. The first kappa shape index (κ1) is 27.3. The molecule has 33 heavy (non-hydrogen) atoms. The van der Waals surface area contributed by atoms with Crippen LogP contribution in [-0.4, -0.2) is 17.4 Å². The van der Waals surface area contributed by atoms with Gasteiger partial charge in [-0.2, -0.15) is 0 Å². The van der Waals surface area contributed by atoms with Crippen LogP contribution in [0.1, 0.15) is 55.9 Å². The molecule has 1 aromatic heterocycles. The van der Waals surface area contributed by atoms with Crippen LogP contribution < -0.4 is 0 Å². The van der Waals surface area contributed by atoms with Gasteiger partial charge in [-0.25, -0.2) is 4.98 Å². The average molecular weight is 524 g/mol. The number of hydrogen-bond donors (Lipinski definition) is 0. The van der Waals surface area contributed by atoms with Crippen molar-refractivity contribution in [2.24, 2.45) is 9.98 Å². The maximum atomic E-state index is 4.78. The van der Waals surface area contributed by atoms with E-state index < -0.39 is 0 Å². The molecule has 0 aliphatic carbocycles. The second kappa shape index (κ2) is 12.5. The van der Waals surface area contributed by atoms with Gasteiger partial charge in [-0.15, -0.1) is 0 Å². The minimum atomic E-state index is 0.194. The summed E-state index contributed by atoms with van der Waals surface area (Å²) in [6.07, 6.45) is 3.69. The van der Waals surface area contributed by atoms with Gasteiger partial charge >= 0.3 is 33.3 Å². The Bertz CT molecular complexity index is 1060. The maximum absolute atomic E-state index is 4.78. The summed E-state index contributed by atoms with van der Waals surface area (Å²) in [6, 6.07) is 10.4. The van der Waals surface area contributed by atoms with Gasteiger partial charge in [-0.1, -0.05) is 18.2 Å². The van der Waals surface area contributed by atoms with E-state index in [4.69, 9.17) is 35.2 Å². The quantitative estimate of drug-likeness (QED) is 0.249. The third kappa shape index (κ3) is 7.01. The molecule has 0 amide bonds. The fraction of sp³-hybridized carbons (Fsp3) is 0.296. The molecule has 0 saturated heterocycles. The number of halogens is 2. The van der Waals surface area contributed by atoms with E-state index >= 15 is 0 Å². The molecular weight excluding hydrogens is 493 g/mol. The zero-order chi connectivity index (χ0) is 24.7. The van der Waals surface area contributed by atoms with Crippen molar-refractivity contribution in [1.29, 1.82) is 0 Å². The first-order chi connectivity index (χ1) is 15.6. The predicted molar refractivity (Wildman–Crippen MR) is 141 cm³/mol. The number of benzene rings is 2. The Kier molecular flexibility index (Phi) is 10.3. The summed E-state index contributed by atoms with van der Waals surface area (Å²) in [5.41, 5.74) is 13.6. The molecule has 0 saturated carbocycles. The summed E-state index contributed by atoms with van der Waals surface area (Å²) in [6.45, 7) is 17.0. The zero-order valence-electron chi connectivity index (χ0n) is 20.5. The Morgan fingerprint density at radius 2 is 0.939 bits per heavy atom. The fourth-order valence-corrected chi connectivity index (χ4v) is 3.65.